The van der Waals surface area contributed by atoms with E-state index in [2.05, 4.69) is 5.32 Å². The third-order valence-electron chi connectivity index (χ3n) is 2.13. The summed E-state index contributed by atoms with van der Waals surface area (Å²) in [5.74, 6) is 0.745. The van der Waals surface area contributed by atoms with Gasteiger partial charge in [0.2, 0.25) is 5.91 Å². The molecule has 0 spiro atoms. The number of amides is 1. The molecule has 0 aliphatic rings. The molecule has 0 heterocycles. The number of nitrogens with one attached hydrogen (secondary N) is 1. The Bertz CT molecular complexity index is 438. The molecule has 0 radical (unpaired) electrons. The molecular weight excluding hydrogens is 246 g/mol. The maximum absolute atomic E-state index is 10.8. The van der Waals surface area contributed by atoms with Crippen molar-refractivity contribution in [2.24, 2.45) is 0 Å². The van der Waals surface area contributed by atoms with Crippen molar-refractivity contribution in [3.63, 3.8) is 0 Å². The Labute approximate surface area is 112 Å². The second kappa shape index (κ2) is 7.71. The first-order chi connectivity index (χ1) is 8.58. The number of allylic oxidation sites excluding steroid dienone is 1. The van der Waals surface area contributed by atoms with Crippen LogP contribution in [0.4, 0.5) is 5.69 Å². The average Bonchev–Trinajstić information content (AvgIpc) is 2.30. The van der Waals surface area contributed by atoms with E-state index in [1.54, 1.807) is 6.92 Å². The molecule has 3 nitrogen and oxygen atoms in total. The van der Waals surface area contributed by atoms with Crippen molar-refractivity contribution in [1.82, 2.24) is 0 Å². The van der Waals surface area contributed by atoms with Crippen molar-refractivity contribution in [2.75, 3.05) is 11.1 Å². The summed E-state index contributed by atoms with van der Waals surface area (Å²) in [6.07, 6.45) is 4.93. The summed E-state index contributed by atoms with van der Waals surface area (Å²) in [5.41, 5.74) is 1.88. The molecule has 0 atom stereocenters. The second-order valence-electron chi connectivity index (χ2n) is 3.83. The van der Waals surface area contributed by atoms with Gasteiger partial charge < -0.3 is 5.32 Å². The Hall–Kier alpha value is -1.55. The third kappa shape index (κ3) is 6.25. The molecule has 0 aliphatic heterocycles. The van der Waals surface area contributed by atoms with Crippen molar-refractivity contribution in [3.05, 3.63) is 35.9 Å². The van der Waals surface area contributed by atoms with Crippen LogP contribution in [0.1, 0.15) is 25.8 Å². The van der Waals surface area contributed by atoms with Gasteiger partial charge in [0.1, 0.15) is 0 Å². The molecule has 1 aromatic rings. The summed E-state index contributed by atoms with van der Waals surface area (Å²) in [5, 5.41) is 2.87. The molecule has 0 aromatic heterocycles. The van der Waals surface area contributed by atoms with Gasteiger partial charge in [-0.3, -0.25) is 9.59 Å². The Morgan fingerprint density at radius 1 is 1.22 bits per heavy atom. The number of thioether (sulfide) groups is 1. The van der Waals surface area contributed by atoms with Gasteiger partial charge in [-0.25, -0.2) is 0 Å². The topological polar surface area (TPSA) is 46.2 Å². The van der Waals surface area contributed by atoms with Crippen LogP contribution in [0, 0.1) is 0 Å². The zero-order valence-electron chi connectivity index (χ0n) is 10.6. The van der Waals surface area contributed by atoms with Crippen LogP contribution in [0.3, 0.4) is 0 Å². The molecule has 1 rings (SSSR count). The van der Waals surface area contributed by atoms with Crippen LogP contribution >= 0.6 is 11.8 Å². The summed E-state index contributed by atoms with van der Waals surface area (Å²) in [6, 6.07) is 7.62. The molecule has 1 aromatic carbocycles. The van der Waals surface area contributed by atoms with Gasteiger partial charge in [0.15, 0.2) is 5.12 Å². The number of carbonyl (C=O) groups is 2. The minimum Gasteiger partial charge on any atom is -0.326 e. The molecule has 0 unspecified atom stereocenters. The van der Waals surface area contributed by atoms with Crippen molar-refractivity contribution < 1.29 is 9.59 Å². The van der Waals surface area contributed by atoms with E-state index < -0.39 is 0 Å². The molecular formula is C14H17NO2S. The van der Waals surface area contributed by atoms with E-state index in [9.17, 15) is 9.59 Å². The van der Waals surface area contributed by atoms with Gasteiger partial charge >= 0.3 is 0 Å². The largest absolute Gasteiger partial charge is 0.326 e. The predicted molar refractivity (Wildman–Crippen MR) is 77.5 cm³/mol. The molecule has 0 fully saturated rings. The standard InChI is InChI=1S/C14H17NO2S/c1-11(16)15-14-8-6-13(7-9-14)5-3-4-10-18-12(2)17/h3,5-9H,4,10H2,1-2H3,(H,15,16). The number of anilines is 1. The van der Waals surface area contributed by atoms with Crippen LogP contribution in [0.5, 0.6) is 0 Å². The fraction of sp³-hybridized carbons (Fsp3) is 0.286. The summed E-state index contributed by atoms with van der Waals surface area (Å²) >= 11 is 1.34. The minimum absolute atomic E-state index is 0.0699. The number of benzene rings is 1. The maximum Gasteiger partial charge on any atom is 0.221 e. The van der Waals surface area contributed by atoms with Gasteiger partial charge in [0.25, 0.3) is 0 Å². The van der Waals surface area contributed by atoms with E-state index in [1.807, 2.05) is 36.4 Å². The zero-order chi connectivity index (χ0) is 13.4. The first-order valence-corrected chi connectivity index (χ1v) is 6.74. The molecule has 18 heavy (non-hydrogen) atoms. The van der Waals surface area contributed by atoms with E-state index in [1.165, 1.54) is 18.7 Å². The van der Waals surface area contributed by atoms with Crippen molar-refractivity contribution in [3.8, 4) is 0 Å². The monoisotopic (exact) mass is 263 g/mol. The lowest BCUT2D eigenvalue weighted by Gasteiger charge is -2.01. The first-order valence-electron chi connectivity index (χ1n) is 5.75. The van der Waals surface area contributed by atoms with Crippen LogP contribution in [-0.4, -0.2) is 16.8 Å². The highest BCUT2D eigenvalue weighted by Crippen LogP contribution is 2.11. The molecule has 0 saturated carbocycles. The lowest BCUT2D eigenvalue weighted by atomic mass is 10.2. The van der Waals surface area contributed by atoms with Gasteiger partial charge in [-0.05, 0) is 24.1 Å². The number of hydrogen-bond donors (Lipinski definition) is 1. The lowest BCUT2D eigenvalue weighted by Crippen LogP contribution is -2.05. The first kappa shape index (κ1) is 14.5. The van der Waals surface area contributed by atoms with E-state index in [4.69, 9.17) is 0 Å². The summed E-state index contributed by atoms with van der Waals surface area (Å²) in [6.45, 7) is 3.07. The highest BCUT2D eigenvalue weighted by Gasteiger charge is 1.94. The van der Waals surface area contributed by atoms with Crippen LogP contribution < -0.4 is 5.32 Å². The van der Waals surface area contributed by atoms with Crippen molar-refractivity contribution in [1.29, 1.82) is 0 Å². The SMILES string of the molecule is CC(=O)Nc1ccc(C=CCCSC(C)=O)cc1. The van der Waals surface area contributed by atoms with E-state index in [0.29, 0.717) is 0 Å². The van der Waals surface area contributed by atoms with Gasteiger partial charge in [0.05, 0.1) is 0 Å². The number of hydrogen-bond acceptors (Lipinski definition) is 3. The smallest absolute Gasteiger partial charge is 0.221 e. The summed E-state index contributed by atoms with van der Waals surface area (Å²) in [7, 11) is 0. The maximum atomic E-state index is 10.8. The van der Waals surface area contributed by atoms with Crippen molar-refractivity contribution in [2.45, 2.75) is 20.3 Å². The van der Waals surface area contributed by atoms with Gasteiger partial charge in [-0.2, -0.15) is 0 Å². The molecule has 1 amide bonds. The molecule has 4 heteroatoms. The van der Waals surface area contributed by atoms with Gasteiger partial charge in [-0.15, -0.1) is 0 Å². The average molecular weight is 263 g/mol. The van der Waals surface area contributed by atoms with Crippen LogP contribution in [0.2, 0.25) is 0 Å². The normalized spacial score (nSPS) is 10.6. The molecule has 0 aliphatic carbocycles. The van der Waals surface area contributed by atoms with Crippen LogP contribution in [0.15, 0.2) is 30.3 Å². The Kier molecular flexibility index (Phi) is 6.22. The Morgan fingerprint density at radius 3 is 2.44 bits per heavy atom. The molecule has 0 bridgehead atoms. The Balaban J connectivity index is 2.40. The summed E-state index contributed by atoms with van der Waals surface area (Å²) < 4.78 is 0. The lowest BCUT2D eigenvalue weighted by molar-refractivity contribution is -0.114. The second-order valence-corrected chi connectivity index (χ2v) is 5.11. The molecule has 1 N–H and O–H groups in total. The predicted octanol–water partition coefficient (Wildman–Crippen LogP) is 3.33. The number of carbonyl (C=O) groups excluding carboxylic acids is 2. The van der Waals surface area contributed by atoms with E-state index in [-0.39, 0.29) is 11.0 Å². The molecule has 96 valence electrons. The fourth-order valence-electron chi connectivity index (χ4n) is 1.37. The molecule has 0 saturated heterocycles. The Morgan fingerprint density at radius 2 is 1.89 bits per heavy atom. The van der Waals surface area contributed by atoms with Gasteiger partial charge in [-0.1, -0.05) is 36.0 Å². The third-order valence-corrected chi connectivity index (χ3v) is 2.98. The quantitative estimate of drug-likeness (QED) is 0.829. The zero-order valence-corrected chi connectivity index (χ0v) is 11.4. The van der Waals surface area contributed by atoms with Crippen LogP contribution in [-0.2, 0) is 9.59 Å². The van der Waals surface area contributed by atoms with E-state index in [0.717, 1.165) is 23.4 Å². The van der Waals surface area contributed by atoms with Crippen LogP contribution in [0.25, 0.3) is 6.08 Å². The minimum atomic E-state index is -0.0699. The summed E-state index contributed by atoms with van der Waals surface area (Å²) in [4.78, 5) is 21.5. The van der Waals surface area contributed by atoms with Gasteiger partial charge in [0, 0.05) is 25.3 Å². The van der Waals surface area contributed by atoms with E-state index >= 15 is 0 Å². The fourth-order valence-corrected chi connectivity index (χ4v) is 1.91. The highest BCUT2D eigenvalue weighted by atomic mass is 32.2. The highest BCUT2D eigenvalue weighted by molar-refractivity contribution is 8.13. The number of rotatable bonds is 5. The van der Waals surface area contributed by atoms with Crippen molar-refractivity contribution >= 4 is 34.5 Å².